The first-order valence-corrected chi connectivity index (χ1v) is 4.18. The fourth-order valence-corrected chi connectivity index (χ4v) is 1.47. The van der Waals surface area contributed by atoms with Crippen molar-refractivity contribution < 1.29 is 4.74 Å². The fraction of sp³-hybridized carbons (Fsp3) is 0.800. The summed E-state index contributed by atoms with van der Waals surface area (Å²) in [6, 6.07) is 0. The summed E-state index contributed by atoms with van der Waals surface area (Å²) in [5.41, 5.74) is 0. The molecule has 1 rings (SSSR count). The van der Waals surface area contributed by atoms with Gasteiger partial charge in [0.15, 0.2) is 0 Å². The quantitative estimate of drug-likeness (QED) is 0.426. The summed E-state index contributed by atoms with van der Waals surface area (Å²) in [5.74, 6) is 6.31. The van der Waals surface area contributed by atoms with Crippen molar-refractivity contribution >= 4 is 16.4 Å². The van der Waals surface area contributed by atoms with Crippen LogP contribution in [-0.4, -0.2) is 30.6 Å². The summed E-state index contributed by atoms with van der Waals surface area (Å²) in [6.07, 6.45) is 0. The highest BCUT2D eigenvalue weighted by molar-refractivity contribution is 8.14. The van der Waals surface area contributed by atoms with Gasteiger partial charge in [-0.1, -0.05) is 5.87 Å². The zero-order chi connectivity index (χ0) is 5.11. The lowest BCUT2D eigenvalue weighted by Gasteiger charge is -2.13. The molecule has 0 N–H and O–H groups in total. The molecule has 0 aromatic rings. The molecule has 0 amide bonds. The van der Waals surface area contributed by atoms with Gasteiger partial charge in [0, 0.05) is 11.5 Å². The SMILES string of the molecule is C=S1CCOCC1. The number of ether oxygens (including phenoxy) is 1. The van der Waals surface area contributed by atoms with Crippen LogP contribution in [0.25, 0.3) is 0 Å². The molecule has 1 fully saturated rings. The molecule has 42 valence electrons. The van der Waals surface area contributed by atoms with Crippen molar-refractivity contribution in [1.29, 1.82) is 0 Å². The lowest BCUT2D eigenvalue weighted by atomic mass is 10.8. The molecule has 1 saturated heterocycles. The van der Waals surface area contributed by atoms with Gasteiger partial charge in [-0.2, -0.15) is 10.5 Å². The number of hydrogen-bond donors (Lipinski definition) is 0. The highest BCUT2D eigenvalue weighted by atomic mass is 32.2. The molecule has 2 heteroatoms. The van der Waals surface area contributed by atoms with Crippen LogP contribution in [0.5, 0.6) is 0 Å². The molecule has 1 aliphatic rings. The predicted molar refractivity (Wildman–Crippen MR) is 35.3 cm³/mol. The second-order valence-corrected chi connectivity index (χ2v) is 3.67. The van der Waals surface area contributed by atoms with Crippen molar-refractivity contribution in [1.82, 2.24) is 0 Å². The highest BCUT2D eigenvalue weighted by Gasteiger charge is 1.98. The Hall–Kier alpha value is 0.180. The van der Waals surface area contributed by atoms with E-state index in [0.717, 1.165) is 13.2 Å². The van der Waals surface area contributed by atoms with E-state index >= 15 is 0 Å². The number of hydrogen-bond acceptors (Lipinski definition) is 1. The van der Waals surface area contributed by atoms with Crippen LogP contribution in [0.3, 0.4) is 0 Å². The van der Waals surface area contributed by atoms with Gasteiger partial charge in [0.2, 0.25) is 0 Å². The topological polar surface area (TPSA) is 9.23 Å². The van der Waals surface area contributed by atoms with Crippen LogP contribution in [0.15, 0.2) is 0 Å². The summed E-state index contributed by atoms with van der Waals surface area (Å²) < 4.78 is 5.11. The van der Waals surface area contributed by atoms with Crippen molar-refractivity contribution in [2.75, 3.05) is 24.7 Å². The third-order valence-corrected chi connectivity index (χ3v) is 2.52. The molecule has 7 heavy (non-hydrogen) atoms. The van der Waals surface area contributed by atoms with Crippen LogP contribution < -0.4 is 0 Å². The van der Waals surface area contributed by atoms with Gasteiger partial charge in [-0.05, 0) is 0 Å². The van der Waals surface area contributed by atoms with Gasteiger partial charge in [-0.25, -0.2) is 0 Å². The first-order valence-electron chi connectivity index (χ1n) is 2.44. The van der Waals surface area contributed by atoms with E-state index in [-0.39, 0.29) is 0 Å². The summed E-state index contributed by atoms with van der Waals surface area (Å²) in [7, 11) is 0.435. The maximum Gasteiger partial charge on any atom is 0.0552 e. The lowest BCUT2D eigenvalue weighted by molar-refractivity contribution is 0.161. The van der Waals surface area contributed by atoms with E-state index in [2.05, 4.69) is 5.87 Å². The van der Waals surface area contributed by atoms with E-state index in [0.29, 0.717) is 10.5 Å². The largest absolute Gasteiger partial charge is 0.380 e. The average molecular weight is 118 g/mol. The molecule has 0 saturated carbocycles. The summed E-state index contributed by atoms with van der Waals surface area (Å²) in [5, 5.41) is 0. The van der Waals surface area contributed by atoms with Gasteiger partial charge in [-0.3, -0.25) is 0 Å². The highest BCUT2D eigenvalue weighted by Crippen LogP contribution is 2.11. The molecule has 0 spiro atoms. The van der Waals surface area contributed by atoms with Gasteiger partial charge >= 0.3 is 0 Å². The second-order valence-electron chi connectivity index (χ2n) is 1.63. The first-order chi connectivity index (χ1) is 3.39. The third-order valence-electron chi connectivity index (χ3n) is 1.03. The van der Waals surface area contributed by atoms with Crippen LogP contribution in [0.4, 0.5) is 0 Å². The van der Waals surface area contributed by atoms with Gasteiger partial charge in [0.25, 0.3) is 0 Å². The van der Waals surface area contributed by atoms with Gasteiger partial charge in [0.05, 0.1) is 13.2 Å². The molecule has 1 aliphatic heterocycles. The van der Waals surface area contributed by atoms with Crippen LogP contribution in [0, 0.1) is 0 Å². The first kappa shape index (κ1) is 5.32. The molecule has 0 atom stereocenters. The average Bonchev–Trinajstić information content (AvgIpc) is 1.69. The molecule has 0 aliphatic carbocycles. The molecule has 0 unspecified atom stereocenters. The third kappa shape index (κ3) is 1.61. The van der Waals surface area contributed by atoms with E-state index in [9.17, 15) is 0 Å². The number of rotatable bonds is 0. The molecule has 1 nitrogen and oxygen atoms in total. The van der Waals surface area contributed by atoms with Crippen LogP contribution in [0.2, 0.25) is 0 Å². The zero-order valence-corrected chi connectivity index (χ0v) is 5.17. The van der Waals surface area contributed by atoms with Crippen LogP contribution in [-0.2, 0) is 4.74 Å². The smallest absolute Gasteiger partial charge is 0.0552 e. The molecular formula is C5H10OS. The molecule has 0 aromatic heterocycles. The summed E-state index contributed by atoms with van der Waals surface area (Å²) >= 11 is 0. The lowest BCUT2D eigenvalue weighted by Crippen LogP contribution is -2.10. The Morgan fingerprint density at radius 3 is 2.14 bits per heavy atom. The minimum absolute atomic E-state index is 0.435. The standard InChI is InChI=1S/C5H10OS/c1-7-4-2-6-3-5-7/h1-5H2. The normalized spacial score (nSPS) is 25.1. The van der Waals surface area contributed by atoms with E-state index in [4.69, 9.17) is 4.74 Å². The minimum Gasteiger partial charge on any atom is -0.380 e. The molecule has 0 bridgehead atoms. The fourth-order valence-electron chi connectivity index (χ4n) is 0.558. The van der Waals surface area contributed by atoms with Gasteiger partial charge < -0.3 is 4.74 Å². The monoisotopic (exact) mass is 118 g/mol. The Morgan fingerprint density at radius 2 is 1.86 bits per heavy atom. The van der Waals surface area contributed by atoms with Crippen LogP contribution >= 0.6 is 10.5 Å². The Morgan fingerprint density at radius 1 is 1.29 bits per heavy atom. The van der Waals surface area contributed by atoms with E-state index in [1.807, 2.05) is 0 Å². The van der Waals surface area contributed by atoms with Gasteiger partial charge in [0.1, 0.15) is 0 Å². The van der Waals surface area contributed by atoms with Crippen molar-refractivity contribution in [2.24, 2.45) is 0 Å². The Balaban J connectivity index is 2.25. The maximum absolute atomic E-state index is 5.11. The predicted octanol–water partition coefficient (Wildman–Crippen LogP) is 0.718. The van der Waals surface area contributed by atoms with Crippen molar-refractivity contribution in [3.63, 3.8) is 0 Å². The summed E-state index contributed by atoms with van der Waals surface area (Å²) in [4.78, 5) is 0. The van der Waals surface area contributed by atoms with E-state index in [1.165, 1.54) is 11.5 Å². The summed E-state index contributed by atoms with van der Waals surface area (Å²) in [6.45, 7) is 1.87. The Bertz CT molecular complexity index is 72.1. The Kier molecular flexibility index (Phi) is 1.88. The van der Waals surface area contributed by atoms with E-state index in [1.54, 1.807) is 0 Å². The molecule has 0 aromatic carbocycles. The molecular weight excluding hydrogens is 108 g/mol. The second kappa shape index (κ2) is 2.48. The van der Waals surface area contributed by atoms with Crippen molar-refractivity contribution in [3.8, 4) is 0 Å². The van der Waals surface area contributed by atoms with Crippen molar-refractivity contribution in [3.05, 3.63) is 0 Å². The zero-order valence-electron chi connectivity index (χ0n) is 4.35. The molecule has 1 heterocycles. The van der Waals surface area contributed by atoms with Crippen LogP contribution in [0.1, 0.15) is 0 Å². The molecule has 0 radical (unpaired) electrons. The minimum atomic E-state index is 0.435. The maximum atomic E-state index is 5.11. The van der Waals surface area contributed by atoms with Gasteiger partial charge in [-0.15, -0.1) is 0 Å². The van der Waals surface area contributed by atoms with E-state index < -0.39 is 0 Å². The van der Waals surface area contributed by atoms with Crippen molar-refractivity contribution in [2.45, 2.75) is 0 Å². The Labute approximate surface area is 46.6 Å².